The predicted molar refractivity (Wildman–Crippen MR) is 155 cm³/mol. The molecule has 4 aliphatic rings. The highest BCUT2D eigenvalue weighted by Gasteiger charge is 2.69. The van der Waals surface area contributed by atoms with Crippen LogP contribution in [0, 0.1) is 11.3 Å². The molecule has 3 amide bonds. The Labute approximate surface area is 237 Å². The number of hydrogen-bond donors (Lipinski definition) is 1. The SMILES string of the molecule is COc1ccc(NC(=O)c2ccccc2N2C(=O)[C@@H]3C4c5ccccc5C(c5ccccc54)[C@]3(C)C2=O)c(OC)c1. The number of rotatable bonds is 5. The number of methoxy groups -OCH3 is 2. The van der Waals surface area contributed by atoms with Gasteiger partial charge in [0.15, 0.2) is 0 Å². The van der Waals surface area contributed by atoms with Gasteiger partial charge in [0, 0.05) is 17.9 Å². The minimum Gasteiger partial charge on any atom is -0.497 e. The van der Waals surface area contributed by atoms with Crippen LogP contribution in [0.15, 0.2) is 91.0 Å². The van der Waals surface area contributed by atoms with Crippen molar-refractivity contribution in [1.29, 1.82) is 0 Å². The molecule has 1 saturated heterocycles. The molecule has 4 aromatic carbocycles. The van der Waals surface area contributed by atoms with Crippen molar-refractivity contribution < 1.29 is 23.9 Å². The summed E-state index contributed by atoms with van der Waals surface area (Å²) in [6, 6.07) is 28.1. The second kappa shape index (κ2) is 9.06. The molecular weight excluding hydrogens is 516 g/mol. The van der Waals surface area contributed by atoms with E-state index in [4.69, 9.17) is 9.47 Å². The number of nitrogens with zero attached hydrogens (tertiary/aromatic N) is 1. The van der Waals surface area contributed by atoms with Crippen LogP contribution in [0.2, 0.25) is 0 Å². The van der Waals surface area contributed by atoms with Crippen molar-refractivity contribution in [1.82, 2.24) is 0 Å². The van der Waals surface area contributed by atoms with Crippen molar-refractivity contribution in [3.05, 3.63) is 119 Å². The minimum atomic E-state index is -0.993. The van der Waals surface area contributed by atoms with Gasteiger partial charge in [-0.05, 0) is 53.4 Å². The van der Waals surface area contributed by atoms with Crippen LogP contribution in [0.25, 0.3) is 0 Å². The van der Waals surface area contributed by atoms with E-state index < -0.39 is 17.2 Å². The maximum Gasteiger partial charge on any atom is 0.257 e. The lowest BCUT2D eigenvalue weighted by atomic mass is 9.48. The van der Waals surface area contributed by atoms with Crippen molar-refractivity contribution in [2.24, 2.45) is 11.3 Å². The molecule has 204 valence electrons. The number of carbonyl (C=O) groups is 3. The van der Waals surface area contributed by atoms with Crippen LogP contribution >= 0.6 is 0 Å². The van der Waals surface area contributed by atoms with Crippen LogP contribution in [0.3, 0.4) is 0 Å². The molecule has 0 spiro atoms. The van der Waals surface area contributed by atoms with Crippen LogP contribution in [0.5, 0.6) is 11.5 Å². The van der Waals surface area contributed by atoms with Crippen molar-refractivity contribution in [2.45, 2.75) is 18.8 Å². The van der Waals surface area contributed by atoms with Crippen LogP contribution in [-0.2, 0) is 9.59 Å². The molecule has 2 bridgehead atoms. The maximum absolute atomic E-state index is 14.5. The molecule has 3 aliphatic carbocycles. The van der Waals surface area contributed by atoms with Crippen LogP contribution in [0.1, 0.15) is 51.4 Å². The third kappa shape index (κ3) is 3.35. The maximum atomic E-state index is 14.5. The van der Waals surface area contributed by atoms with Gasteiger partial charge in [0.2, 0.25) is 11.8 Å². The number of benzene rings is 4. The Balaban J connectivity index is 1.32. The number of para-hydroxylation sites is 1. The summed E-state index contributed by atoms with van der Waals surface area (Å²) in [6.45, 7) is 1.92. The number of carbonyl (C=O) groups excluding carboxylic acids is 3. The van der Waals surface area contributed by atoms with Crippen molar-refractivity contribution in [3.8, 4) is 11.5 Å². The second-order valence-electron chi connectivity index (χ2n) is 10.9. The van der Waals surface area contributed by atoms with Gasteiger partial charge in [0.25, 0.3) is 5.91 Å². The molecule has 0 unspecified atom stereocenters. The summed E-state index contributed by atoms with van der Waals surface area (Å²) in [5.74, 6) is -1.11. The van der Waals surface area contributed by atoms with Gasteiger partial charge in [-0.1, -0.05) is 60.7 Å². The van der Waals surface area contributed by atoms with E-state index in [0.29, 0.717) is 17.2 Å². The first-order chi connectivity index (χ1) is 19.9. The van der Waals surface area contributed by atoms with Crippen LogP contribution in [-0.4, -0.2) is 31.9 Å². The smallest absolute Gasteiger partial charge is 0.257 e. The van der Waals surface area contributed by atoms with Crippen molar-refractivity contribution in [2.75, 3.05) is 24.4 Å². The van der Waals surface area contributed by atoms with Gasteiger partial charge < -0.3 is 14.8 Å². The van der Waals surface area contributed by atoms with Gasteiger partial charge in [-0.3, -0.25) is 14.4 Å². The lowest BCUT2D eigenvalue weighted by Gasteiger charge is -2.51. The highest BCUT2D eigenvalue weighted by molar-refractivity contribution is 6.27. The van der Waals surface area contributed by atoms with Crippen LogP contribution in [0.4, 0.5) is 11.4 Å². The number of amides is 3. The Hall–Kier alpha value is -4.91. The standard InChI is InChI=1S/C34H28N2O5/c1-34-29-22-12-6-4-10-20(22)28(21-11-5-7-13-23(21)29)30(34)32(38)36(33(34)39)26-15-9-8-14-24(26)31(37)35-25-17-16-19(40-2)18-27(25)41-3/h4-18,28-30H,1-3H3,(H,35,37)/t28?,29?,30-,34-/m0/s1. The van der Waals surface area contributed by atoms with E-state index in [1.54, 1.807) is 49.6 Å². The molecule has 7 heteroatoms. The van der Waals surface area contributed by atoms with E-state index in [1.807, 2.05) is 31.2 Å². The summed E-state index contributed by atoms with van der Waals surface area (Å²) >= 11 is 0. The molecule has 7 nitrogen and oxygen atoms in total. The number of ether oxygens (including phenoxy) is 2. The van der Waals surface area contributed by atoms with Gasteiger partial charge >= 0.3 is 0 Å². The van der Waals surface area contributed by atoms with E-state index in [2.05, 4.69) is 29.6 Å². The fourth-order valence-electron chi connectivity index (χ4n) is 7.30. The van der Waals surface area contributed by atoms with E-state index in [1.165, 1.54) is 12.0 Å². The third-order valence-corrected chi connectivity index (χ3v) is 9.06. The quantitative estimate of drug-likeness (QED) is 0.324. The molecule has 1 fully saturated rings. The van der Waals surface area contributed by atoms with E-state index in [0.717, 1.165) is 22.3 Å². The lowest BCUT2D eigenvalue weighted by Crippen LogP contribution is -2.49. The monoisotopic (exact) mass is 544 g/mol. The highest BCUT2D eigenvalue weighted by atomic mass is 16.5. The molecule has 0 aromatic heterocycles. The largest absolute Gasteiger partial charge is 0.497 e. The first kappa shape index (κ1) is 25.1. The summed E-state index contributed by atoms with van der Waals surface area (Å²) in [5.41, 5.74) is 4.32. The topological polar surface area (TPSA) is 84.9 Å². The average Bonchev–Trinajstić information content (AvgIpc) is 3.22. The first-order valence-electron chi connectivity index (χ1n) is 13.6. The Bertz CT molecular complexity index is 1720. The zero-order valence-electron chi connectivity index (χ0n) is 22.9. The zero-order chi connectivity index (χ0) is 28.5. The Morgan fingerprint density at radius 1 is 0.805 bits per heavy atom. The normalized spacial score (nSPS) is 23.5. The van der Waals surface area contributed by atoms with Crippen LogP contribution < -0.4 is 19.7 Å². The fourth-order valence-corrected chi connectivity index (χ4v) is 7.30. The molecule has 0 saturated carbocycles. The number of nitrogens with one attached hydrogen (secondary N) is 1. The summed E-state index contributed by atoms with van der Waals surface area (Å²) < 4.78 is 10.7. The van der Waals surface area contributed by atoms with Gasteiger partial charge in [-0.25, -0.2) is 4.90 Å². The number of imide groups is 1. The minimum absolute atomic E-state index is 0.219. The van der Waals surface area contributed by atoms with E-state index in [9.17, 15) is 14.4 Å². The summed E-state index contributed by atoms with van der Waals surface area (Å²) in [7, 11) is 3.06. The average molecular weight is 545 g/mol. The molecule has 41 heavy (non-hydrogen) atoms. The summed E-state index contributed by atoms with van der Waals surface area (Å²) in [5, 5.41) is 2.88. The Morgan fingerprint density at radius 3 is 2.05 bits per heavy atom. The molecule has 1 aliphatic heterocycles. The zero-order valence-corrected chi connectivity index (χ0v) is 22.9. The van der Waals surface area contributed by atoms with E-state index in [-0.39, 0.29) is 34.9 Å². The second-order valence-corrected chi connectivity index (χ2v) is 10.9. The molecule has 2 atom stereocenters. The predicted octanol–water partition coefficient (Wildman–Crippen LogP) is 5.74. The van der Waals surface area contributed by atoms with Gasteiger partial charge in [-0.15, -0.1) is 0 Å². The molecule has 1 N–H and O–H groups in total. The van der Waals surface area contributed by atoms with Gasteiger partial charge in [0.1, 0.15) is 11.5 Å². The highest BCUT2D eigenvalue weighted by Crippen LogP contribution is 2.67. The molecule has 4 aromatic rings. The van der Waals surface area contributed by atoms with Gasteiger partial charge in [-0.2, -0.15) is 0 Å². The third-order valence-electron chi connectivity index (χ3n) is 9.06. The number of hydrogen-bond acceptors (Lipinski definition) is 5. The van der Waals surface area contributed by atoms with Gasteiger partial charge in [0.05, 0.1) is 42.5 Å². The Morgan fingerprint density at radius 2 is 1.41 bits per heavy atom. The number of anilines is 2. The lowest BCUT2D eigenvalue weighted by molar-refractivity contribution is -0.128. The molecular formula is C34H28N2O5. The summed E-state index contributed by atoms with van der Waals surface area (Å²) in [4.78, 5) is 43.9. The molecule has 8 rings (SSSR count). The molecule has 0 radical (unpaired) electrons. The van der Waals surface area contributed by atoms with Crippen molar-refractivity contribution >= 4 is 29.1 Å². The first-order valence-corrected chi connectivity index (χ1v) is 13.6. The van der Waals surface area contributed by atoms with E-state index >= 15 is 0 Å². The van der Waals surface area contributed by atoms with Crippen molar-refractivity contribution in [3.63, 3.8) is 0 Å². The molecule has 1 heterocycles. The summed E-state index contributed by atoms with van der Waals surface area (Å²) in [6.07, 6.45) is 0. The fraction of sp³-hybridized carbons (Fsp3) is 0.206. The Kier molecular flexibility index (Phi) is 5.54.